The van der Waals surface area contributed by atoms with E-state index in [-0.39, 0.29) is 11.4 Å². The standard InChI is InChI=1S/C15H16ClF3N4O3S/c1-26-6-2-5-23-13(25)21-22-14(23)27-8-12(24)20-9-3-4-11(16)10(7-9)15(17,18)19/h3-4,7H,2,5-6,8H2,1H3,(H,20,24)(H,21,25). The van der Waals surface area contributed by atoms with Gasteiger partial charge in [-0.05, 0) is 24.6 Å². The summed E-state index contributed by atoms with van der Waals surface area (Å²) in [5.74, 6) is -0.687. The van der Waals surface area contributed by atoms with Crippen LogP contribution in [0.25, 0.3) is 0 Å². The van der Waals surface area contributed by atoms with E-state index in [9.17, 15) is 22.8 Å². The largest absolute Gasteiger partial charge is 0.417 e. The summed E-state index contributed by atoms with van der Waals surface area (Å²) in [5, 5.41) is 8.34. The van der Waals surface area contributed by atoms with Gasteiger partial charge in [-0.3, -0.25) is 9.36 Å². The van der Waals surface area contributed by atoms with Crippen LogP contribution < -0.4 is 11.0 Å². The lowest BCUT2D eigenvalue weighted by Crippen LogP contribution is -2.19. The molecule has 0 radical (unpaired) electrons. The molecule has 12 heteroatoms. The molecule has 0 unspecified atom stereocenters. The van der Waals surface area contributed by atoms with E-state index in [4.69, 9.17) is 16.3 Å². The number of halogens is 4. The van der Waals surface area contributed by atoms with Gasteiger partial charge in [0.05, 0.1) is 16.3 Å². The Morgan fingerprint density at radius 3 is 2.85 bits per heavy atom. The number of alkyl halides is 3. The van der Waals surface area contributed by atoms with Gasteiger partial charge in [0.1, 0.15) is 0 Å². The van der Waals surface area contributed by atoms with E-state index in [1.165, 1.54) is 10.6 Å². The van der Waals surface area contributed by atoms with E-state index >= 15 is 0 Å². The molecule has 0 spiro atoms. The van der Waals surface area contributed by atoms with Crippen LogP contribution in [0.5, 0.6) is 0 Å². The number of hydrogen-bond acceptors (Lipinski definition) is 5. The van der Waals surface area contributed by atoms with E-state index in [1.807, 2.05) is 0 Å². The van der Waals surface area contributed by atoms with E-state index < -0.39 is 28.4 Å². The maximum absolute atomic E-state index is 12.9. The second-order valence-corrected chi connectivity index (χ2v) is 6.69. The number of amides is 1. The first-order chi connectivity index (χ1) is 12.7. The van der Waals surface area contributed by atoms with Crippen molar-refractivity contribution in [1.82, 2.24) is 14.8 Å². The van der Waals surface area contributed by atoms with Crippen molar-refractivity contribution in [3.63, 3.8) is 0 Å². The second-order valence-electron chi connectivity index (χ2n) is 5.34. The van der Waals surface area contributed by atoms with Gasteiger partial charge >= 0.3 is 11.9 Å². The quantitative estimate of drug-likeness (QED) is 0.502. The van der Waals surface area contributed by atoms with Crippen LogP contribution in [0, 0.1) is 0 Å². The lowest BCUT2D eigenvalue weighted by atomic mass is 10.2. The number of aromatic nitrogens is 3. The Balaban J connectivity index is 1.99. The van der Waals surface area contributed by atoms with Crippen LogP contribution in [0.15, 0.2) is 28.2 Å². The molecule has 2 aromatic rings. The zero-order valence-corrected chi connectivity index (χ0v) is 15.7. The zero-order valence-electron chi connectivity index (χ0n) is 14.1. The zero-order chi connectivity index (χ0) is 20.0. The lowest BCUT2D eigenvalue weighted by Gasteiger charge is -2.11. The highest BCUT2D eigenvalue weighted by atomic mass is 35.5. The fraction of sp³-hybridized carbons (Fsp3) is 0.400. The molecule has 27 heavy (non-hydrogen) atoms. The van der Waals surface area contributed by atoms with Crippen molar-refractivity contribution < 1.29 is 22.7 Å². The summed E-state index contributed by atoms with van der Waals surface area (Å²) >= 11 is 6.53. The predicted octanol–water partition coefficient (Wildman–Crippen LogP) is 3.01. The van der Waals surface area contributed by atoms with Crippen LogP contribution in [0.2, 0.25) is 5.02 Å². The molecule has 0 fully saturated rings. The molecular formula is C15H16ClF3N4O3S. The summed E-state index contributed by atoms with van der Waals surface area (Å²) in [6.07, 6.45) is -4.04. The molecule has 0 aliphatic rings. The molecule has 0 atom stereocenters. The maximum Gasteiger partial charge on any atom is 0.417 e. The van der Waals surface area contributed by atoms with Crippen molar-refractivity contribution in [2.45, 2.75) is 24.3 Å². The predicted molar refractivity (Wildman–Crippen MR) is 95.1 cm³/mol. The van der Waals surface area contributed by atoms with Crippen molar-refractivity contribution in [3.8, 4) is 0 Å². The molecule has 7 nitrogen and oxygen atoms in total. The number of ether oxygens (including phenoxy) is 1. The van der Waals surface area contributed by atoms with Crippen LogP contribution in [0.4, 0.5) is 18.9 Å². The molecule has 0 saturated carbocycles. The van der Waals surface area contributed by atoms with Gasteiger partial charge in [0, 0.05) is 25.9 Å². The number of anilines is 1. The Labute approximate surface area is 161 Å². The number of H-pyrrole nitrogens is 1. The number of methoxy groups -OCH3 is 1. The highest BCUT2D eigenvalue weighted by molar-refractivity contribution is 7.99. The number of carbonyl (C=O) groups excluding carboxylic acids is 1. The van der Waals surface area contributed by atoms with Crippen LogP contribution in [0.1, 0.15) is 12.0 Å². The molecule has 2 N–H and O–H groups in total. The Hall–Kier alpha value is -1.98. The van der Waals surface area contributed by atoms with E-state index in [0.29, 0.717) is 24.7 Å². The Morgan fingerprint density at radius 1 is 1.44 bits per heavy atom. The summed E-state index contributed by atoms with van der Waals surface area (Å²) in [6, 6.07) is 3.10. The summed E-state index contributed by atoms with van der Waals surface area (Å²) in [7, 11) is 1.54. The Morgan fingerprint density at radius 2 is 2.19 bits per heavy atom. The second kappa shape index (κ2) is 9.29. The van der Waals surface area contributed by atoms with Crippen LogP contribution in [-0.4, -0.2) is 40.1 Å². The minimum Gasteiger partial charge on any atom is -0.385 e. The third-order valence-electron chi connectivity index (χ3n) is 3.34. The number of rotatable bonds is 8. The number of thioether (sulfide) groups is 1. The fourth-order valence-corrected chi connectivity index (χ4v) is 3.12. The minimum atomic E-state index is -4.63. The third-order valence-corrected chi connectivity index (χ3v) is 4.65. The minimum absolute atomic E-state index is 0.0307. The topological polar surface area (TPSA) is 89.0 Å². The van der Waals surface area contributed by atoms with Crippen molar-refractivity contribution in [3.05, 3.63) is 39.3 Å². The molecule has 1 heterocycles. The fourth-order valence-electron chi connectivity index (χ4n) is 2.13. The summed E-state index contributed by atoms with van der Waals surface area (Å²) in [6.45, 7) is 0.819. The number of aromatic amines is 1. The van der Waals surface area contributed by atoms with Gasteiger partial charge in [-0.15, -0.1) is 5.10 Å². The summed E-state index contributed by atoms with van der Waals surface area (Å²) < 4.78 is 44.8. The van der Waals surface area contributed by atoms with E-state index in [2.05, 4.69) is 15.5 Å². The molecule has 148 valence electrons. The van der Waals surface area contributed by atoms with E-state index in [1.54, 1.807) is 7.11 Å². The maximum atomic E-state index is 12.9. The molecule has 0 saturated heterocycles. The van der Waals surface area contributed by atoms with Crippen molar-refractivity contribution in [2.24, 2.45) is 0 Å². The average molecular weight is 425 g/mol. The van der Waals surface area contributed by atoms with Crippen LogP contribution >= 0.6 is 23.4 Å². The SMILES string of the molecule is COCCCn1c(SCC(=O)Nc2ccc(Cl)c(C(F)(F)F)c2)n[nH]c1=O. The first-order valence-electron chi connectivity index (χ1n) is 7.66. The normalized spacial score (nSPS) is 11.6. The highest BCUT2D eigenvalue weighted by Gasteiger charge is 2.33. The van der Waals surface area contributed by atoms with Gasteiger partial charge < -0.3 is 10.1 Å². The molecule has 0 aliphatic heterocycles. The van der Waals surface area contributed by atoms with Gasteiger partial charge in [0.15, 0.2) is 5.16 Å². The van der Waals surface area contributed by atoms with Gasteiger partial charge in [0.2, 0.25) is 5.91 Å². The van der Waals surface area contributed by atoms with Gasteiger partial charge in [0.25, 0.3) is 0 Å². The lowest BCUT2D eigenvalue weighted by molar-refractivity contribution is -0.137. The number of carbonyl (C=O) groups is 1. The van der Waals surface area contributed by atoms with Gasteiger partial charge in [-0.1, -0.05) is 23.4 Å². The number of nitrogens with zero attached hydrogens (tertiary/aromatic N) is 2. The molecule has 1 amide bonds. The smallest absolute Gasteiger partial charge is 0.385 e. The average Bonchev–Trinajstić information content (AvgIpc) is 2.94. The Bertz CT molecular complexity index is 854. The first-order valence-corrected chi connectivity index (χ1v) is 9.02. The molecule has 1 aromatic heterocycles. The summed E-state index contributed by atoms with van der Waals surface area (Å²) in [5.41, 5.74) is -1.48. The van der Waals surface area contributed by atoms with Crippen molar-refractivity contribution in [2.75, 3.05) is 24.8 Å². The Kier molecular flexibility index (Phi) is 7.33. The molecule has 2 rings (SSSR count). The molecule has 0 bridgehead atoms. The van der Waals surface area contributed by atoms with E-state index in [0.717, 1.165) is 23.9 Å². The number of hydrogen-bond donors (Lipinski definition) is 2. The highest BCUT2D eigenvalue weighted by Crippen LogP contribution is 2.36. The van der Waals surface area contributed by atoms with Gasteiger partial charge in [-0.25, -0.2) is 9.89 Å². The number of benzene rings is 1. The monoisotopic (exact) mass is 424 g/mol. The molecular weight excluding hydrogens is 409 g/mol. The van der Waals surface area contributed by atoms with Gasteiger partial charge in [-0.2, -0.15) is 13.2 Å². The van der Waals surface area contributed by atoms with Crippen molar-refractivity contribution >= 4 is 35.0 Å². The first kappa shape index (κ1) is 21.3. The molecule has 1 aromatic carbocycles. The van der Waals surface area contributed by atoms with Crippen LogP contribution in [-0.2, 0) is 22.3 Å². The van der Waals surface area contributed by atoms with Crippen molar-refractivity contribution in [1.29, 1.82) is 0 Å². The number of nitrogens with one attached hydrogen (secondary N) is 2. The molecule has 0 aliphatic carbocycles. The third kappa shape index (κ3) is 6.01. The summed E-state index contributed by atoms with van der Waals surface area (Å²) in [4.78, 5) is 23.7. The van der Waals surface area contributed by atoms with Crippen LogP contribution in [0.3, 0.4) is 0 Å².